The molecule has 0 spiro atoms. The average Bonchev–Trinajstić information content (AvgIpc) is 2.67. The van der Waals surface area contributed by atoms with E-state index in [1.165, 1.54) is 4.31 Å². The number of benzene rings is 2. The highest BCUT2D eigenvalue weighted by Crippen LogP contribution is 2.17. The number of carbonyl (C=O) groups excluding carboxylic acids is 1. The predicted molar refractivity (Wildman–Crippen MR) is 104 cm³/mol. The van der Waals surface area contributed by atoms with Gasteiger partial charge in [-0.2, -0.15) is 4.31 Å². The van der Waals surface area contributed by atoms with E-state index in [1.54, 1.807) is 12.1 Å². The minimum absolute atomic E-state index is 0.0799. The van der Waals surface area contributed by atoms with Crippen molar-refractivity contribution in [3.63, 3.8) is 0 Å². The maximum Gasteiger partial charge on any atom is 0.251 e. The summed E-state index contributed by atoms with van der Waals surface area (Å²) in [5.41, 5.74) is 3.11. The predicted octanol–water partition coefficient (Wildman–Crippen LogP) is 2.09. The minimum atomic E-state index is -3.41. The van der Waals surface area contributed by atoms with E-state index in [2.05, 4.69) is 5.32 Å². The van der Waals surface area contributed by atoms with Crippen molar-refractivity contribution in [1.29, 1.82) is 0 Å². The standard InChI is InChI=1S/C20H24N2O4S/c1-16-5-4-8-17(13-16)20(23)21-14-18-6-2-3-7-19(18)15-27(24,25)22-9-11-26-12-10-22/h2-8,13H,9-12,14-15H2,1H3,(H,21,23). The zero-order valence-corrected chi connectivity index (χ0v) is 16.2. The van der Waals surface area contributed by atoms with Crippen LogP contribution in [0.2, 0.25) is 0 Å². The first-order chi connectivity index (χ1) is 13.0. The van der Waals surface area contributed by atoms with E-state index in [9.17, 15) is 13.2 Å². The molecule has 2 aromatic carbocycles. The van der Waals surface area contributed by atoms with Crippen molar-refractivity contribution in [3.05, 3.63) is 70.8 Å². The van der Waals surface area contributed by atoms with Crippen molar-refractivity contribution in [2.75, 3.05) is 26.3 Å². The minimum Gasteiger partial charge on any atom is -0.379 e. The Bertz CT molecular complexity index is 906. The van der Waals surface area contributed by atoms with Crippen LogP contribution in [0.3, 0.4) is 0 Å². The number of carbonyl (C=O) groups is 1. The Kier molecular flexibility index (Phi) is 6.26. The van der Waals surface area contributed by atoms with Crippen molar-refractivity contribution >= 4 is 15.9 Å². The lowest BCUT2D eigenvalue weighted by molar-refractivity contribution is 0.0729. The number of nitrogens with one attached hydrogen (secondary N) is 1. The summed E-state index contributed by atoms with van der Waals surface area (Å²) in [4.78, 5) is 12.4. The average molecular weight is 388 g/mol. The van der Waals surface area contributed by atoms with Gasteiger partial charge in [0, 0.05) is 25.2 Å². The lowest BCUT2D eigenvalue weighted by Crippen LogP contribution is -2.41. The molecule has 144 valence electrons. The van der Waals surface area contributed by atoms with Crippen LogP contribution >= 0.6 is 0 Å². The molecule has 0 aromatic heterocycles. The molecule has 6 nitrogen and oxygen atoms in total. The Morgan fingerprint density at radius 2 is 1.78 bits per heavy atom. The molecule has 0 radical (unpaired) electrons. The van der Waals surface area contributed by atoms with Gasteiger partial charge in [0.05, 0.1) is 19.0 Å². The molecule has 1 saturated heterocycles. The summed E-state index contributed by atoms with van der Waals surface area (Å²) >= 11 is 0. The largest absolute Gasteiger partial charge is 0.379 e. The molecular formula is C20H24N2O4S. The number of rotatable bonds is 6. The third kappa shape index (κ3) is 5.15. The second-order valence-corrected chi connectivity index (χ2v) is 8.56. The molecule has 7 heteroatoms. The van der Waals surface area contributed by atoms with Crippen LogP contribution in [0.1, 0.15) is 27.0 Å². The SMILES string of the molecule is Cc1cccc(C(=O)NCc2ccccc2CS(=O)(=O)N2CCOCC2)c1. The van der Waals surface area contributed by atoms with Gasteiger partial charge in [-0.1, -0.05) is 42.0 Å². The number of ether oxygens (including phenoxy) is 1. The van der Waals surface area contributed by atoms with E-state index < -0.39 is 10.0 Å². The molecule has 3 rings (SSSR count). The van der Waals surface area contributed by atoms with Crippen LogP contribution in [0.4, 0.5) is 0 Å². The van der Waals surface area contributed by atoms with E-state index in [-0.39, 0.29) is 18.2 Å². The van der Waals surface area contributed by atoms with Gasteiger partial charge in [0.25, 0.3) is 5.91 Å². The Morgan fingerprint density at radius 1 is 1.07 bits per heavy atom. The highest BCUT2D eigenvalue weighted by atomic mass is 32.2. The van der Waals surface area contributed by atoms with Gasteiger partial charge in [-0.15, -0.1) is 0 Å². The van der Waals surface area contributed by atoms with Crippen LogP contribution in [0.25, 0.3) is 0 Å². The van der Waals surface area contributed by atoms with Gasteiger partial charge in [-0.25, -0.2) is 8.42 Å². The molecule has 1 fully saturated rings. The fourth-order valence-electron chi connectivity index (χ4n) is 3.05. The van der Waals surface area contributed by atoms with Gasteiger partial charge in [-0.05, 0) is 30.2 Å². The van der Waals surface area contributed by atoms with E-state index in [1.807, 2.05) is 43.3 Å². The second-order valence-electron chi connectivity index (χ2n) is 6.59. The molecule has 0 atom stereocenters. The zero-order valence-electron chi connectivity index (χ0n) is 15.3. The smallest absolute Gasteiger partial charge is 0.251 e. The molecule has 27 heavy (non-hydrogen) atoms. The summed E-state index contributed by atoms with van der Waals surface area (Å²) in [6.07, 6.45) is 0. The van der Waals surface area contributed by atoms with Gasteiger partial charge in [0.2, 0.25) is 10.0 Å². The van der Waals surface area contributed by atoms with E-state index in [0.717, 1.165) is 11.1 Å². The van der Waals surface area contributed by atoms with Gasteiger partial charge in [0.1, 0.15) is 0 Å². The van der Waals surface area contributed by atoms with Gasteiger partial charge < -0.3 is 10.1 Å². The monoisotopic (exact) mass is 388 g/mol. The second kappa shape index (κ2) is 8.65. The first-order valence-electron chi connectivity index (χ1n) is 8.93. The fraction of sp³-hybridized carbons (Fsp3) is 0.350. The van der Waals surface area contributed by atoms with Crippen LogP contribution < -0.4 is 5.32 Å². The summed E-state index contributed by atoms with van der Waals surface area (Å²) in [5.74, 6) is -0.256. The van der Waals surface area contributed by atoms with E-state index in [4.69, 9.17) is 4.74 Å². The first kappa shape index (κ1) is 19.5. The van der Waals surface area contributed by atoms with Crippen molar-refractivity contribution in [1.82, 2.24) is 9.62 Å². The third-order valence-corrected chi connectivity index (χ3v) is 6.37. The summed E-state index contributed by atoms with van der Waals surface area (Å²) in [5, 5.41) is 2.88. The number of sulfonamides is 1. The number of aryl methyl sites for hydroxylation is 1. The van der Waals surface area contributed by atoms with Crippen molar-refractivity contribution in [2.45, 2.75) is 19.2 Å². The molecule has 1 amide bonds. The summed E-state index contributed by atoms with van der Waals surface area (Å²) < 4.78 is 32.1. The lowest BCUT2D eigenvalue weighted by atomic mass is 10.1. The number of amides is 1. The molecule has 0 saturated carbocycles. The quantitative estimate of drug-likeness (QED) is 0.822. The molecule has 1 aliphatic heterocycles. The summed E-state index contributed by atoms with van der Waals surface area (Å²) in [7, 11) is -3.41. The Hall–Kier alpha value is -2.22. The fourth-order valence-corrected chi connectivity index (χ4v) is 4.61. The summed E-state index contributed by atoms with van der Waals surface area (Å²) in [6, 6.07) is 14.7. The van der Waals surface area contributed by atoms with E-state index in [0.29, 0.717) is 37.4 Å². The van der Waals surface area contributed by atoms with Crippen molar-refractivity contribution in [3.8, 4) is 0 Å². The molecule has 0 bridgehead atoms. The Labute approximate surface area is 160 Å². The number of nitrogens with zero attached hydrogens (tertiary/aromatic N) is 1. The van der Waals surface area contributed by atoms with Crippen molar-refractivity contribution in [2.24, 2.45) is 0 Å². The first-order valence-corrected chi connectivity index (χ1v) is 10.5. The number of hydrogen-bond acceptors (Lipinski definition) is 4. The third-order valence-electron chi connectivity index (χ3n) is 4.54. The van der Waals surface area contributed by atoms with Gasteiger partial charge in [-0.3, -0.25) is 4.79 Å². The Morgan fingerprint density at radius 3 is 2.48 bits per heavy atom. The van der Waals surface area contributed by atoms with Gasteiger partial charge >= 0.3 is 0 Å². The zero-order chi connectivity index (χ0) is 19.3. The molecular weight excluding hydrogens is 364 g/mol. The molecule has 2 aromatic rings. The Balaban J connectivity index is 1.69. The highest BCUT2D eigenvalue weighted by molar-refractivity contribution is 7.88. The number of hydrogen-bond donors (Lipinski definition) is 1. The van der Waals surface area contributed by atoms with Crippen LogP contribution in [0.15, 0.2) is 48.5 Å². The summed E-state index contributed by atoms with van der Waals surface area (Å²) in [6.45, 7) is 3.83. The topological polar surface area (TPSA) is 75.7 Å². The normalized spacial score (nSPS) is 15.4. The molecule has 1 heterocycles. The molecule has 1 N–H and O–H groups in total. The van der Waals surface area contributed by atoms with E-state index >= 15 is 0 Å². The van der Waals surface area contributed by atoms with Crippen LogP contribution in [-0.2, 0) is 27.1 Å². The molecule has 0 unspecified atom stereocenters. The van der Waals surface area contributed by atoms with Crippen LogP contribution in [-0.4, -0.2) is 44.9 Å². The maximum atomic E-state index is 12.7. The lowest BCUT2D eigenvalue weighted by Gasteiger charge is -2.26. The van der Waals surface area contributed by atoms with Crippen LogP contribution in [0, 0.1) is 6.92 Å². The van der Waals surface area contributed by atoms with Crippen molar-refractivity contribution < 1.29 is 17.9 Å². The van der Waals surface area contributed by atoms with Gasteiger partial charge in [0.15, 0.2) is 0 Å². The highest BCUT2D eigenvalue weighted by Gasteiger charge is 2.25. The molecule has 1 aliphatic rings. The molecule has 0 aliphatic carbocycles. The number of morpholine rings is 1. The maximum absolute atomic E-state index is 12.7. The van der Waals surface area contributed by atoms with Crippen LogP contribution in [0.5, 0.6) is 0 Å².